The van der Waals surface area contributed by atoms with Crippen LogP contribution in [0.1, 0.15) is 15.9 Å². The average molecular weight is 274 g/mol. The average Bonchev–Trinajstić information content (AvgIpc) is 2.47. The van der Waals surface area contributed by atoms with Gasteiger partial charge in [0.05, 0.1) is 14.2 Å². The molecule has 0 bridgehead atoms. The molecule has 0 saturated carbocycles. The number of carbonyl (C=O) groups is 1. The maximum atomic E-state index is 12.4. The van der Waals surface area contributed by atoms with Gasteiger partial charge >= 0.3 is 0 Å². The van der Waals surface area contributed by atoms with E-state index in [1.54, 1.807) is 31.4 Å². The van der Waals surface area contributed by atoms with Gasteiger partial charge in [-0.25, -0.2) is 0 Å². The Morgan fingerprint density at radius 2 is 1.58 bits per heavy atom. The summed E-state index contributed by atoms with van der Waals surface area (Å²) in [6, 6.07) is 12.4. The standard InChI is InChI=1S/C15H14O3S/c1-17-12-8-11(14(19)9-13(12)18-2)15(16)10-6-4-3-5-7-10/h3-9,19H,1-2H3. The van der Waals surface area contributed by atoms with Gasteiger partial charge in [0.25, 0.3) is 0 Å². The first-order valence-corrected chi connectivity index (χ1v) is 6.17. The molecule has 4 heteroatoms. The lowest BCUT2D eigenvalue weighted by Crippen LogP contribution is -2.03. The Bertz CT molecular complexity index is 594. The van der Waals surface area contributed by atoms with Crippen molar-refractivity contribution < 1.29 is 14.3 Å². The molecular formula is C15H14O3S. The summed E-state index contributed by atoms with van der Waals surface area (Å²) in [4.78, 5) is 13.0. The first-order chi connectivity index (χ1) is 9.17. The van der Waals surface area contributed by atoms with E-state index in [1.165, 1.54) is 7.11 Å². The summed E-state index contributed by atoms with van der Waals surface area (Å²) in [5, 5.41) is 0. The molecule has 0 N–H and O–H groups in total. The molecule has 98 valence electrons. The van der Waals surface area contributed by atoms with Crippen LogP contribution in [-0.2, 0) is 0 Å². The molecule has 0 radical (unpaired) electrons. The van der Waals surface area contributed by atoms with Gasteiger partial charge in [0.15, 0.2) is 17.3 Å². The molecule has 0 unspecified atom stereocenters. The minimum atomic E-state index is -0.0912. The number of benzene rings is 2. The zero-order valence-corrected chi connectivity index (χ0v) is 11.6. The summed E-state index contributed by atoms with van der Waals surface area (Å²) in [5.41, 5.74) is 1.11. The summed E-state index contributed by atoms with van der Waals surface area (Å²) < 4.78 is 10.4. The molecule has 0 aliphatic heterocycles. The first kappa shape index (κ1) is 13.5. The molecule has 2 rings (SSSR count). The molecule has 3 nitrogen and oxygen atoms in total. The summed E-state index contributed by atoms with van der Waals surface area (Å²) in [5.74, 6) is 0.975. The number of methoxy groups -OCH3 is 2. The van der Waals surface area contributed by atoms with Crippen LogP contribution >= 0.6 is 12.6 Å². The molecule has 0 fully saturated rings. The molecule has 0 aromatic heterocycles. The van der Waals surface area contributed by atoms with E-state index in [0.717, 1.165) is 0 Å². The van der Waals surface area contributed by atoms with E-state index in [9.17, 15) is 4.79 Å². The Labute approximate surface area is 117 Å². The summed E-state index contributed by atoms with van der Waals surface area (Å²) in [7, 11) is 3.08. The van der Waals surface area contributed by atoms with Crippen molar-refractivity contribution in [2.75, 3.05) is 14.2 Å². The number of hydrogen-bond donors (Lipinski definition) is 1. The van der Waals surface area contributed by atoms with Crippen LogP contribution in [0.5, 0.6) is 11.5 Å². The second-order valence-corrected chi connectivity index (χ2v) is 4.40. The highest BCUT2D eigenvalue weighted by atomic mass is 32.1. The van der Waals surface area contributed by atoms with Crippen molar-refractivity contribution in [3.63, 3.8) is 0 Å². The van der Waals surface area contributed by atoms with Gasteiger partial charge < -0.3 is 9.47 Å². The van der Waals surface area contributed by atoms with Crippen molar-refractivity contribution in [2.45, 2.75) is 4.90 Å². The van der Waals surface area contributed by atoms with Crippen LogP contribution in [0.2, 0.25) is 0 Å². The van der Waals surface area contributed by atoms with Gasteiger partial charge in [-0.05, 0) is 12.1 Å². The third kappa shape index (κ3) is 2.74. The molecule has 0 atom stereocenters. The van der Waals surface area contributed by atoms with Gasteiger partial charge in [0.2, 0.25) is 0 Å². The van der Waals surface area contributed by atoms with Crippen molar-refractivity contribution in [3.05, 3.63) is 53.6 Å². The molecule has 0 amide bonds. The predicted octanol–water partition coefficient (Wildman–Crippen LogP) is 3.22. The Balaban J connectivity index is 2.48. The van der Waals surface area contributed by atoms with E-state index in [1.807, 2.05) is 18.2 Å². The molecular weight excluding hydrogens is 260 g/mol. The fourth-order valence-corrected chi connectivity index (χ4v) is 2.08. The van der Waals surface area contributed by atoms with Gasteiger partial charge in [0, 0.05) is 16.0 Å². The Kier molecular flexibility index (Phi) is 4.12. The highest BCUT2D eigenvalue weighted by molar-refractivity contribution is 7.80. The van der Waals surface area contributed by atoms with Crippen LogP contribution in [0.15, 0.2) is 47.4 Å². The molecule has 2 aromatic carbocycles. The van der Waals surface area contributed by atoms with Crippen LogP contribution < -0.4 is 9.47 Å². The van der Waals surface area contributed by atoms with Crippen molar-refractivity contribution in [1.29, 1.82) is 0 Å². The lowest BCUT2D eigenvalue weighted by molar-refractivity contribution is 0.103. The van der Waals surface area contributed by atoms with Crippen molar-refractivity contribution >= 4 is 18.4 Å². The summed E-state index contributed by atoms with van der Waals surface area (Å²) >= 11 is 4.34. The van der Waals surface area contributed by atoms with Crippen molar-refractivity contribution in [1.82, 2.24) is 0 Å². The van der Waals surface area contributed by atoms with E-state index in [4.69, 9.17) is 9.47 Å². The van der Waals surface area contributed by atoms with E-state index in [0.29, 0.717) is 27.5 Å². The van der Waals surface area contributed by atoms with Crippen LogP contribution in [0.3, 0.4) is 0 Å². The van der Waals surface area contributed by atoms with Gasteiger partial charge in [-0.2, -0.15) is 0 Å². The van der Waals surface area contributed by atoms with Crippen LogP contribution in [0.25, 0.3) is 0 Å². The number of carbonyl (C=O) groups excluding carboxylic acids is 1. The highest BCUT2D eigenvalue weighted by Crippen LogP contribution is 2.33. The largest absolute Gasteiger partial charge is 0.493 e. The molecule has 0 aliphatic rings. The quantitative estimate of drug-likeness (QED) is 0.687. The van der Waals surface area contributed by atoms with Gasteiger partial charge in [-0.1, -0.05) is 30.3 Å². The van der Waals surface area contributed by atoms with Gasteiger partial charge in [-0.15, -0.1) is 12.6 Å². The highest BCUT2D eigenvalue weighted by Gasteiger charge is 2.16. The molecule has 19 heavy (non-hydrogen) atoms. The van der Waals surface area contributed by atoms with E-state index in [2.05, 4.69) is 12.6 Å². The normalized spacial score (nSPS) is 10.1. The SMILES string of the molecule is COc1cc(S)c(C(=O)c2ccccc2)cc1OC. The van der Waals surface area contributed by atoms with E-state index >= 15 is 0 Å². The van der Waals surface area contributed by atoms with Crippen LogP contribution in [0, 0.1) is 0 Å². The zero-order chi connectivity index (χ0) is 13.8. The fourth-order valence-electron chi connectivity index (χ4n) is 1.80. The fraction of sp³-hybridized carbons (Fsp3) is 0.133. The lowest BCUT2D eigenvalue weighted by Gasteiger charge is -2.11. The zero-order valence-electron chi connectivity index (χ0n) is 10.7. The van der Waals surface area contributed by atoms with Gasteiger partial charge in [0.1, 0.15) is 0 Å². The van der Waals surface area contributed by atoms with E-state index < -0.39 is 0 Å². The minimum Gasteiger partial charge on any atom is -0.493 e. The molecule has 2 aromatic rings. The Morgan fingerprint density at radius 3 is 2.16 bits per heavy atom. The van der Waals surface area contributed by atoms with Crippen LogP contribution in [0.4, 0.5) is 0 Å². The second-order valence-electron chi connectivity index (χ2n) is 3.92. The minimum absolute atomic E-state index is 0.0912. The number of hydrogen-bond acceptors (Lipinski definition) is 4. The summed E-state index contributed by atoms with van der Waals surface area (Å²) in [6.45, 7) is 0. The lowest BCUT2D eigenvalue weighted by atomic mass is 10.0. The predicted molar refractivity (Wildman–Crippen MR) is 76.7 cm³/mol. The van der Waals surface area contributed by atoms with Crippen LogP contribution in [-0.4, -0.2) is 20.0 Å². The number of ether oxygens (including phenoxy) is 2. The molecule has 0 heterocycles. The molecule has 0 aliphatic carbocycles. The third-order valence-corrected chi connectivity index (χ3v) is 3.15. The molecule has 0 saturated heterocycles. The monoisotopic (exact) mass is 274 g/mol. The van der Waals surface area contributed by atoms with E-state index in [-0.39, 0.29) is 5.78 Å². The number of ketones is 1. The topological polar surface area (TPSA) is 35.5 Å². The van der Waals surface area contributed by atoms with Crippen molar-refractivity contribution in [2.24, 2.45) is 0 Å². The smallest absolute Gasteiger partial charge is 0.194 e. The first-order valence-electron chi connectivity index (χ1n) is 5.72. The molecule has 0 spiro atoms. The number of rotatable bonds is 4. The summed E-state index contributed by atoms with van der Waals surface area (Å²) in [6.07, 6.45) is 0. The van der Waals surface area contributed by atoms with Crippen molar-refractivity contribution in [3.8, 4) is 11.5 Å². The van der Waals surface area contributed by atoms with Gasteiger partial charge in [-0.3, -0.25) is 4.79 Å². The number of thiol groups is 1. The maximum Gasteiger partial charge on any atom is 0.194 e. The Morgan fingerprint density at radius 1 is 1.00 bits per heavy atom. The second kappa shape index (κ2) is 5.80. The maximum absolute atomic E-state index is 12.4. The Hall–Kier alpha value is -1.94. The third-order valence-electron chi connectivity index (χ3n) is 2.78.